The molecule has 0 fully saturated rings. The average Bonchev–Trinajstić information content (AvgIpc) is 2.14. The normalized spacial score (nSPS) is 9.87. The van der Waals surface area contributed by atoms with E-state index in [1.54, 1.807) is 6.92 Å². The Kier molecular flexibility index (Phi) is 3.60. The van der Waals surface area contributed by atoms with Crippen LogP contribution in [0.25, 0.3) is 0 Å². The molecule has 0 radical (unpaired) electrons. The van der Waals surface area contributed by atoms with Gasteiger partial charge in [-0.1, -0.05) is 0 Å². The van der Waals surface area contributed by atoms with E-state index in [9.17, 15) is 13.6 Å². The largest absolute Gasteiger partial charge is 0.414 e. The first-order chi connectivity index (χ1) is 7.02. The van der Waals surface area contributed by atoms with Crippen molar-refractivity contribution in [3.8, 4) is 5.75 Å². The van der Waals surface area contributed by atoms with Gasteiger partial charge in [0.15, 0.2) is 0 Å². The monoisotopic (exact) mass is 215 g/mol. The molecule has 82 valence electrons. The molecule has 1 aromatic carbocycles. The first kappa shape index (κ1) is 11.4. The van der Waals surface area contributed by atoms with Gasteiger partial charge in [0.2, 0.25) is 0 Å². The van der Waals surface area contributed by atoms with Crippen LogP contribution in [0.15, 0.2) is 18.2 Å². The summed E-state index contributed by atoms with van der Waals surface area (Å²) in [4.78, 5) is 12.5. The molecule has 0 N–H and O–H groups in total. The molecule has 0 aliphatic heterocycles. The molecule has 0 heterocycles. The number of rotatable bonds is 2. The van der Waals surface area contributed by atoms with Gasteiger partial charge in [0.05, 0.1) is 0 Å². The first-order valence-electron chi connectivity index (χ1n) is 4.42. The highest BCUT2D eigenvalue weighted by Gasteiger charge is 2.10. The van der Waals surface area contributed by atoms with Crippen LogP contribution in [0, 0.1) is 11.6 Å². The molecule has 0 unspecified atom stereocenters. The topological polar surface area (TPSA) is 29.5 Å². The van der Waals surface area contributed by atoms with Crippen LogP contribution in [0.5, 0.6) is 5.75 Å². The number of carbonyl (C=O) groups is 1. The fraction of sp³-hybridized carbons (Fsp3) is 0.300. The molecule has 0 bridgehead atoms. The molecular weight excluding hydrogens is 204 g/mol. The lowest BCUT2D eigenvalue weighted by Gasteiger charge is -2.13. The fourth-order valence-electron chi connectivity index (χ4n) is 0.895. The van der Waals surface area contributed by atoms with Gasteiger partial charge in [0.25, 0.3) is 0 Å². The van der Waals surface area contributed by atoms with Crippen LogP contribution in [0.3, 0.4) is 0 Å². The van der Waals surface area contributed by atoms with Crippen molar-refractivity contribution in [2.45, 2.75) is 6.92 Å². The number of nitrogens with zero attached hydrogens (tertiary/aromatic N) is 1. The summed E-state index contributed by atoms with van der Waals surface area (Å²) < 4.78 is 30.2. The Labute approximate surface area is 86.3 Å². The second-order valence-electron chi connectivity index (χ2n) is 2.99. The lowest BCUT2D eigenvalue weighted by atomic mass is 10.3. The summed E-state index contributed by atoms with van der Waals surface area (Å²) in [6.07, 6.45) is -0.650. The lowest BCUT2D eigenvalue weighted by Crippen LogP contribution is -2.29. The van der Waals surface area contributed by atoms with Crippen molar-refractivity contribution in [3.63, 3.8) is 0 Å². The number of carbonyl (C=O) groups excluding carboxylic acids is 1. The smallest absolute Gasteiger partial charge is 0.410 e. The number of ether oxygens (including phenoxy) is 1. The molecule has 0 aromatic heterocycles. The first-order valence-corrected chi connectivity index (χ1v) is 4.42. The van der Waals surface area contributed by atoms with Crippen molar-refractivity contribution in [1.82, 2.24) is 4.90 Å². The van der Waals surface area contributed by atoms with Gasteiger partial charge in [0.1, 0.15) is 17.4 Å². The number of amides is 1. The molecule has 0 atom stereocenters. The summed E-state index contributed by atoms with van der Waals surface area (Å²) >= 11 is 0. The van der Waals surface area contributed by atoms with Gasteiger partial charge in [-0.15, -0.1) is 0 Å². The fourth-order valence-corrected chi connectivity index (χ4v) is 0.895. The third-order valence-corrected chi connectivity index (χ3v) is 1.83. The van der Waals surface area contributed by atoms with Gasteiger partial charge in [-0.2, -0.15) is 0 Å². The highest BCUT2D eigenvalue weighted by Crippen LogP contribution is 2.15. The molecule has 3 nitrogen and oxygen atoms in total. The molecule has 0 aliphatic carbocycles. The zero-order valence-electron chi connectivity index (χ0n) is 8.46. The van der Waals surface area contributed by atoms with Gasteiger partial charge in [-0.25, -0.2) is 13.6 Å². The van der Waals surface area contributed by atoms with E-state index in [1.165, 1.54) is 11.9 Å². The average molecular weight is 215 g/mol. The summed E-state index contributed by atoms with van der Waals surface area (Å²) in [5.41, 5.74) is 0. The van der Waals surface area contributed by atoms with Crippen LogP contribution < -0.4 is 4.74 Å². The zero-order chi connectivity index (χ0) is 11.4. The van der Waals surface area contributed by atoms with Gasteiger partial charge >= 0.3 is 6.09 Å². The summed E-state index contributed by atoms with van der Waals surface area (Å²) in [6, 6.07) is 2.61. The molecular formula is C10H11F2NO2. The molecule has 15 heavy (non-hydrogen) atoms. The van der Waals surface area contributed by atoms with Gasteiger partial charge in [0, 0.05) is 31.8 Å². The van der Waals surface area contributed by atoms with Crippen LogP contribution >= 0.6 is 0 Å². The Balaban J connectivity index is 2.76. The molecule has 0 saturated carbocycles. The minimum atomic E-state index is -0.781. The number of hydrogen-bond acceptors (Lipinski definition) is 2. The predicted molar refractivity (Wildman–Crippen MR) is 50.7 cm³/mol. The van der Waals surface area contributed by atoms with Gasteiger partial charge in [-0.05, 0) is 6.92 Å². The minimum absolute atomic E-state index is 0.141. The maximum atomic E-state index is 12.7. The van der Waals surface area contributed by atoms with Crippen molar-refractivity contribution in [3.05, 3.63) is 29.8 Å². The third kappa shape index (κ3) is 3.19. The van der Waals surface area contributed by atoms with Gasteiger partial charge in [-0.3, -0.25) is 0 Å². The lowest BCUT2D eigenvalue weighted by molar-refractivity contribution is 0.165. The van der Waals surface area contributed by atoms with Crippen LogP contribution in [-0.2, 0) is 0 Å². The molecule has 0 aliphatic rings. The summed E-state index contributed by atoms with van der Waals surface area (Å²) in [7, 11) is 1.53. The Bertz CT molecular complexity index is 348. The Hall–Kier alpha value is -1.65. The van der Waals surface area contributed by atoms with E-state index < -0.39 is 17.7 Å². The van der Waals surface area contributed by atoms with Crippen molar-refractivity contribution in [2.24, 2.45) is 0 Å². The van der Waals surface area contributed by atoms with Crippen LogP contribution in [-0.4, -0.2) is 24.6 Å². The standard InChI is InChI=1S/C10H11F2NO2/c1-3-13(2)10(14)15-9-5-7(11)4-8(12)6-9/h4-6H,3H2,1-2H3. The van der Waals surface area contributed by atoms with Gasteiger partial charge < -0.3 is 9.64 Å². The van der Waals surface area contributed by atoms with Crippen molar-refractivity contribution in [2.75, 3.05) is 13.6 Å². The minimum Gasteiger partial charge on any atom is -0.410 e. The van der Waals surface area contributed by atoms with E-state index in [0.717, 1.165) is 12.1 Å². The van der Waals surface area contributed by atoms with E-state index in [2.05, 4.69) is 0 Å². The molecule has 1 aromatic rings. The van der Waals surface area contributed by atoms with E-state index in [1.807, 2.05) is 0 Å². The summed E-state index contributed by atoms with van der Waals surface area (Å²) in [5, 5.41) is 0. The summed E-state index contributed by atoms with van der Waals surface area (Å²) in [5.74, 6) is -1.70. The number of benzene rings is 1. The van der Waals surface area contributed by atoms with E-state index in [4.69, 9.17) is 4.74 Å². The third-order valence-electron chi connectivity index (χ3n) is 1.83. The van der Waals surface area contributed by atoms with Crippen LogP contribution in [0.2, 0.25) is 0 Å². The highest BCUT2D eigenvalue weighted by atomic mass is 19.1. The number of halogens is 2. The second kappa shape index (κ2) is 4.72. The zero-order valence-corrected chi connectivity index (χ0v) is 8.46. The maximum absolute atomic E-state index is 12.7. The molecule has 1 amide bonds. The van der Waals surface area contributed by atoms with Crippen LogP contribution in [0.1, 0.15) is 6.92 Å². The Morgan fingerprint density at radius 3 is 2.33 bits per heavy atom. The molecule has 5 heteroatoms. The quantitative estimate of drug-likeness (QED) is 0.758. The van der Waals surface area contributed by atoms with Crippen molar-refractivity contribution < 1.29 is 18.3 Å². The molecule has 1 rings (SSSR count). The van der Waals surface area contributed by atoms with E-state index >= 15 is 0 Å². The predicted octanol–water partition coefficient (Wildman–Crippen LogP) is 2.42. The van der Waals surface area contributed by atoms with E-state index in [0.29, 0.717) is 12.6 Å². The maximum Gasteiger partial charge on any atom is 0.414 e. The highest BCUT2D eigenvalue weighted by molar-refractivity contribution is 5.70. The Morgan fingerprint density at radius 1 is 1.33 bits per heavy atom. The number of hydrogen-bond donors (Lipinski definition) is 0. The Morgan fingerprint density at radius 2 is 1.87 bits per heavy atom. The van der Waals surface area contributed by atoms with Crippen molar-refractivity contribution >= 4 is 6.09 Å². The summed E-state index contributed by atoms with van der Waals surface area (Å²) in [6.45, 7) is 2.21. The molecule has 0 saturated heterocycles. The second-order valence-corrected chi connectivity index (χ2v) is 2.99. The van der Waals surface area contributed by atoms with Crippen LogP contribution in [0.4, 0.5) is 13.6 Å². The van der Waals surface area contributed by atoms with E-state index in [-0.39, 0.29) is 5.75 Å². The SMILES string of the molecule is CCN(C)C(=O)Oc1cc(F)cc(F)c1. The van der Waals surface area contributed by atoms with Crippen molar-refractivity contribution in [1.29, 1.82) is 0 Å². The molecule has 0 spiro atoms.